The van der Waals surface area contributed by atoms with E-state index in [0.717, 1.165) is 0 Å². The summed E-state index contributed by atoms with van der Waals surface area (Å²) in [6.45, 7) is 0. The Balaban J connectivity index is 0. The average molecular weight is 245 g/mol. The molecule has 1 N–H and O–H groups in total. The Morgan fingerprint density at radius 1 is 1.17 bits per heavy atom. The molecule has 36 valence electrons. The second-order valence-electron chi connectivity index (χ2n) is 0.524. The Kier molecular flexibility index (Phi) is 6.39. The molecule has 0 aromatic carbocycles. The Morgan fingerprint density at radius 3 is 1.17 bits per heavy atom. The molecule has 0 saturated heterocycles. The summed E-state index contributed by atoms with van der Waals surface area (Å²) in [5, 5.41) is 0. The average Bonchev–Trinajstić information content (AvgIpc) is 0.722. The molecule has 0 rings (SSSR count). The van der Waals surface area contributed by atoms with E-state index in [4.69, 9.17) is 19.2 Å². The molecule has 0 fully saturated rings. The van der Waals surface area contributed by atoms with Gasteiger partial charge in [0.15, 0.2) is 0 Å². The molecule has 0 radical (unpaired) electrons. The SMILES string of the molecule is [Eu+3].[O-][Si]([O-])([O-])O. The van der Waals surface area contributed by atoms with Crippen LogP contribution in [0.1, 0.15) is 0 Å². The topological polar surface area (TPSA) is 89.4 Å². The van der Waals surface area contributed by atoms with Crippen LogP contribution in [0, 0.1) is 49.4 Å². The smallest absolute Gasteiger partial charge is 0.861 e. The van der Waals surface area contributed by atoms with E-state index in [1.54, 1.807) is 0 Å². The maximum atomic E-state index is 8.69. The van der Waals surface area contributed by atoms with Crippen molar-refractivity contribution in [3.63, 3.8) is 0 Å². The predicted octanol–water partition coefficient (Wildman–Crippen LogP) is -4.50. The van der Waals surface area contributed by atoms with Crippen LogP contribution in [0.15, 0.2) is 0 Å². The van der Waals surface area contributed by atoms with Crippen molar-refractivity contribution in [2.75, 3.05) is 0 Å². The van der Waals surface area contributed by atoms with E-state index in [1.165, 1.54) is 0 Å². The Hall–Kier alpha value is 1.64. The van der Waals surface area contributed by atoms with Crippen molar-refractivity contribution in [3.8, 4) is 0 Å². The van der Waals surface area contributed by atoms with Gasteiger partial charge < -0.3 is 19.2 Å². The van der Waals surface area contributed by atoms with Gasteiger partial charge in [-0.15, -0.1) is 9.05 Å². The summed E-state index contributed by atoms with van der Waals surface area (Å²) in [6, 6.07) is 0. The Bertz CT molecular complexity index is 23.0. The van der Waals surface area contributed by atoms with Gasteiger partial charge in [0, 0.05) is 0 Å². The second kappa shape index (κ2) is 3.62. The summed E-state index contributed by atoms with van der Waals surface area (Å²) in [5.74, 6) is 0. The van der Waals surface area contributed by atoms with Crippen LogP contribution in [-0.2, 0) is 0 Å². The molecule has 6 heteroatoms. The molecular weight excluding hydrogens is 244 g/mol. The Labute approximate surface area is 76.5 Å². The second-order valence-corrected chi connectivity index (χ2v) is 1.57. The van der Waals surface area contributed by atoms with Gasteiger partial charge in [0.05, 0.1) is 0 Å². The predicted molar refractivity (Wildman–Crippen MR) is 7.97 cm³/mol. The van der Waals surface area contributed by atoms with Crippen molar-refractivity contribution in [1.29, 1.82) is 0 Å². The van der Waals surface area contributed by atoms with E-state index in [1.807, 2.05) is 0 Å². The van der Waals surface area contributed by atoms with Crippen LogP contribution < -0.4 is 14.4 Å². The molecule has 0 unspecified atom stereocenters. The summed E-state index contributed by atoms with van der Waals surface area (Å²) in [4.78, 5) is 33.1. The summed E-state index contributed by atoms with van der Waals surface area (Å²) in [7, 11) is -5.36. The minimum atomic E-state index is -5.36. The Morgan fingerprint density at radius 2 is 1.17 bits per heavy atom. The fraction of sp³-hybridized carbons (Fsp3) is 0. The van der Waals surface area contributed by atoms with Gasteiger partial charge in [-0.3, -0.25) is 0 Å². The fourth-order valence-corrected chi connectivity index (χ4v) is 0. The largest absolute Gasteiger partial charge is 3.00 e. The van der Waals surface area contributed by atoms with Gasteiger partial charge in [-0.2, -0.15) is 0 Å². The minimum absolute atomic E-state index is 0. The molecule has 4 nitrogen and oxygen atoms in total. The standard InChI is InChI=1S/Eu.HO4Si/c;1-5(2,3)4/h;1H/q+3;-3. The van der Waals surface area contributed by atoms with Crippen LogP contribution in [0.3, 0.4) is 0 Å². The summed E-state index contributed by atoms with van der Waals surface area (Å²) in [5.41, 5.74) is 0. The van der Waals surface area contributed by atoms with E-state index in [-0.39, 0.29) is 49.4 Å². The molecule has 0 spiro atoms. The fourth-order valence-electron chi connectivity index (χ4n) is 0. The third-order valence-electron chi connectivity index (χ3n) is 0. The van der Waals surface area contributed by atoms with Gasteiger partial charge in [-0.05, 0) is 0 Å². The number of hydrogen-bond donors (Lipinski definition) is 1. The molecule has 0 amide bonds. The molecule has 0 aliphatic heterocycles. The van der Waals surface area contributed by atoms with Crippen molar-refractivity contribution in [3.05, 3.63) is 0 Å². The van der Waals surface area contributed by atoms with Crippen LogP contribution in [0.5, 0.6) is 0 Å². The van der Waals surface area contributed by atoms with Crippen molar-refractivity contribution in [2.45, 2.75) is 0 Å². The normalized spacial score (nSPS) is 10.0. The van der Waals surface area contributed by atoms with E-state index >= 15 is 0 Å². The zero-order valence-electron chi connectivity index (χ0n) is 2.55. The maximum Gasteiger partial charge on any atom is 3.00 e. The van der Waals surface area contributed by atoms with Crippen LogP contribution >= 0.6 is 0 Å². The zero-order chi connectivity index (χ0) is 4.50. The van der Waals surface area contributed by atoms with E-state index in [9.17, 15) is 0 Å². The molecule has 0 aliphatic carbocycles. The molecule has 0 saturated carbocycles. The zero-order valence-corrected chi connectivity index (χ0v) is 5.98. The first kappa shape index (κ1) is 10.6. The van der Waals surface area contributed by atoms with Gasteiger partial charge in [0.2, 0.25) is 0 Å². The van der Waals surface area contributed by atoms with Crippen molar-refractivity contribution in [1.82, 2.24) is 0 Å². The number of hydrogen-bond acceptors (Lipinski definition) is 4. The van der Waals surface area contributed by atoms with Crippen LogP contribution in [0.2, 0.25) is 0 Å². The third-order valence-corrected chi connectivity index (χ3v) is 0. The van der Waals surface area contributed by atoms with E-state index in [2.05, 4.69) is 0 Å². The molecule has 0 aromatic heterocycles. The quantitative estimate of drug-likeness (QED) is 0.435. The first-order chi connectivity index (χ1) is 2.00. The molecular formula is HEuO4Si. The molecule has 0 heterocycles. The minimum Gasteiger partial charge on any atom is -0.861 e. The van der Waals surface area contributed by atoms with Crippen LogP contribution in [0.25, 0.3) is 0 Å². The molecule has 0 aromatic rings. The van der Waals surface area contributed by atoms with Gasteiger partial charge in [-0.1, -0.05) is 0 Å². The van der Waals surface area contributed by atoms with Crippen molar-refractivity contribution >= 4 is 9.05 Å². The van der Waals surface area contributed by atoms with Crippen molar-refractivity contribution < 1.29 is 68.6 Å². The summed E-state index contributed by atoms with van der Waals surface area (Å²) < 4.78 is 0. The van der Waals surface area contributed by atoms with Gasteiger partial charge in [-0.25, -0.2) is 0 Å². The molecule has 6 heavy (non-hydrogen) atoms. The van der Waals surface area contributed by atoms with Gasteiger partial charge in [0.25, 0.3) is 0 Å². The molecule has 0 bridgehead atoms. The summed E-state index contributed by atoms with van der Waals surface area (Å²) in [6.07, 6.45) is 0. The van der Waals surface area contributed by atoms with Crippen LogP contribution in [-0.4, -0.2) is 13.8 Å². The summed E-state index contributed by atoms with van der Waals surface area (Å²) >= 11 is 0. The van der Waals surface area contributed by atoms with Crippen LogP contribution in [0.4, 0.5) is 0 Å². The van der Waals surface area contributed by atoms with Crippen molar-refractivity contribution in [2.24, 2.45) is 0 Å². The maximum absolute atomic E-state index is 8.69. The first-order valence-corrected chi connectivity index (χ1v) is 2.51. The molecule has 0 aliphatic rings. The van der Waals surface area contributed by atoms with Gasteiger partial charge in [0.1, 0.15) is 0 Å². The van der Waals surface area contributed by atoms with Gasteiger partial charge >= 0.3 is 49.4 Å². The number of rotatable bonds is 0. The molecule has 0 atom stereocenters. The third kappa shape index (κ3) is 45.1. The first-order valence-electron chi connectivity index (χ1n) is 0.836. The van der Waals surface area contributed by atoms with E-state index < -0.39 is 9.05 Å². The monoisotopic (exact) mass is 246 g/mol. The van der Waals surface area contributed by atoms with E-state index in [0.29, 0.717) is 0 Å².